The molecule has 0 saturated carbocycles. The third-order valence-corrected chi connectivity index (χ3v) is 6.22. The fourth-order valence-corrected chi connectivity index (χ4v) is 4.16. The van der Waals surface area contributed by atoms with Crippen LogP contribution in [0.4, 0.5) is 17.2 Å². The number of aromatic nitrogens is 2. The number of nitrogens with zero attached hydrogens (tertiary/aromatic N) is 4. The van der Waals surface area contributed by atoms with E-state index in [1.54, 1.807) is 12.3 Å². The molecule has 0 unspecified atom stereocenters. The first-order valence-electron chi connectivity index (χ1n) is 9.16. The number of nitro benzene ring substituents is 1. The molecule has 1 aromatic heterocycles. The molecule has 0 spiro atoms. The number of hydrogen-bond acceptors (Lipinski definition) is 10. The van der Waals surface area contributed by atoms with Gasteiger partial charge in [-0.1, -0.05) is 23.9 Å². The van der Waals surface area contributed by atoms with Crippen molar-refractivity contribution < 1.29 is 18.1 Å². The van der Waals surface area contributed by atoms with E-state index >= 15 is 0 Å². The van der Waals surface area contributed by atoms with Crippen molar-refractivity contribution in [3.05, 3.63) is 64.2 Å². The van der Waals surface area contributed by atoms with Crippen molar-refractivity contribution in [2.75, 3.05) is 11.6 Å². The van der Waals surface area contributed by atoms with Gasteiger partial charge >= 0.3 is 0 Å². The molecule has 33 heavy (non-hydrogen) atoms. The molecule has 13 heteroatoms. The average Bonchev–Trinajstić information content (AvgIpc) is 2.78. The van der Waals surface area contributed by atoms with Crippen molar-refractivity contribution in [1.29, 1.82) is 5.26 Å². The third kappa shape index (κ3) is 5.43. The average molecular weight is 485 g/mol. The molecule has 0 saturated heterocycles. The molecule has 0 radical (unpaired) electrons. The normalized spacial score (nSPS) is 10.8. The summed E-state index contributed by atoms with van der Waals surface area (Å²) in [5, 5.41) is 24.2. The Morgan fingerprint density at radius 1 is 1.18 bits per heavy atom. The number of anilines is 2. The second kappa shape index (κ2) is 9.63. The molecule has 3 aromatic rings. The quantitative estimate of drug-likeness (QED) is 0.220. The third-order valence-electron chi connectivity index (χ3n) is 4.22. The Morgan fingerprint density at radius 3 is 2.45 bits per heavy atom. The van der Waals surface area contributed by atoms with E-state index in [1.807, 2.05) is 10.8 Å². The molecule has 2 N–H and O–H groups in total. The molecule has 3 rings (SSSR count). The molecule has 1 heterocycles. The standard InChI is InChI=1S/C20H16N6O5S2/c1-12(27)25-33(30,31)16-8-6-14(7-9-16)22-19-17(11-21)18(23-20(24-19)32-2)13-4-3-5-15(10-13)26(28)29/h3-10H,1-2H3,(H,25,27)(H,22,23,24). The Bertz CT molecular complexity index is 1390. The predicted molar refractivity (Wildman–Crippen MR) is 121 cm³/mol. The van der Waals surface area contributed by atoms with Crippen LogP contribution in [0.2, 0.25) is 0 Å². The van der Waals surface area contributed by atoms with Gasteiger partial charge in [0.15, 0.2) is 11.0 Å². The molecule has 0 aliphatic rings. The summed E-state index contributed by atoms with van der Waals surface area (Å²) < 4.78 is 26.1. The van der Waals surface area contributed by atoms with Crippen molar-refractivity contribution in [3.8, 4) is 17.3 Å². The Morgan fingerprint density at radius 2 is 1.88 bits per heavy atom. The number of nitro groups is 1. The Balaban J connectivity index is 2.03. The van der Waals surface area contributed by atoms with Crippen LogP contribution in [-0.2, 0) is 14.8 Å². The summed E-state index contributed by atoms with van der Waals surface area (Å²) in [4.78, 5) is 30.3. The van der Waals surface area contributed by atoms with Gasteiger partial charge in [0, 0.05) is 30.3 Å². The van der Waals surface area contributed by atoms with E-state index < -0.39 is 20.9 Å². The first kappa shape index (κ1) is 23.6. The van der Waals surface area contributed by atoms with Gasteiger partial charge in [-0.25, -0.2) is 23.1 Å². The number of rotatable bonds is 7. The van der Waals surface area contributed by atoms with Crippen LogP contribution >= 0.6 is 11.8 Å². The van der Waals surface area contributed by atoms with Crippen LogP contribution in [0.15, 0.2) is 58.6 Å². The molecule has 0 aliphatic heterocycles. The fraction of sp³-hybridized carbons (Fsp3) is 0.100. The van der Waals surface area contributed by atoms with Crippen LogP contribution < -0.4 is 10.0 Å². The first-order valence-corrected chi connectivity index (χ1v) is 11.9. The summed E-state index contributed by atoms with van der Waals surface area (Å²) in [6.07, 6.45) is 1.74. The number of sulfonamides is 1. The van der Waals surface area contributed by atoms with Crippen LogP contribution in [0.25, 0.3) is 11.3 Å². The number of carbonyl (C=O) groups is 1. The molecule has 0 fully saturated rings. The van der Waals surface area contributed by atoms with E-state index in [1.165, 1.54) is 54.2 Å². The summed E-state index contributed by atoms with van der Waals surface area (Å²) >= 11 is 1.22. The van der Waals surface area contributed by atoms with Crippen molar-refractivity contribution in [3.63, 3.8) is 0 Å². The maximum atomic E-state index is 12.1. The minimum absolute atomic E-state index is 0.0586. The van der Waals surface area contributed by atoms with Gasteiger partial charge in [0.2, 0.25) is 5.91 Å². The zero-order valence-electron chi connectivity index (χ0n) is 17.3. The summed E-state index contributed by atoms with van der Waals surface area (Å²) in [5.74, 6) is -0.564. The van der Waals surface area contributed by atoms with Gasteiger partial charge < -0.3 is 5.32 Å². The smallest absolute Gasteiger partial charge is 0.270 e. The maximum absolute atomic E-state index is 12.1. The zero-order chi connectivity index (χ0) is 24.2. The van der Waals surface area contributed by atoms with Crippen LogP contribution in [0.5, 0.6) is 0 Å². The number of carbonyl (C=O) groups excluding carboxylic acids is 1. The van der Waals surface area contributed by atoms with Crippen LogP contribution in [0.1, 0.15) is 12.5 Å². The molecule has 168 valence electrons. The second-order valence-electron chi connectivity index (χ2n) is 6.51. The number of nitriles is 1. The summed E-state index contributed by atoms with van der Waals surface area (Å²) in [7, 11) is -3.99. The summed E-state index contributed by atoms with van der Waals surface area (Å²) in [6.45, 7) is 1.09. The minimum atomic E-state index is -3.99. The Hall–Kier alpha value is -4.02. The highest BCUT2D eigenvalue weighted by Crippen LogP contribution is 2.31. The van der Waals surface area contributed by atoms with Crippen molar-refractivity contribution in [1.82, 2.24) is 14.7 Å². The van der Waals surface area contributed by atoms with Crippen molar-refractivity contribution in [2.45, 2.75) is 17.0 Å². The van der Waals surface area contributed by atoms with Crippen LogP contribution in [0, 0.1) is 21.4 Å². The van der Waals surface area contributed by atoms with Gasteiger partial charge in [-0.2, -0.15) is 5.26 Å². The lowest BCUT2D eigenvalue weighted by Gasteiger charge is -2.13. The summed E-state index contributed by atoms with van der Waals surface area (Å²) in [6, 6.07) is 13.3. The molecule has 0 bridgehead atoms. The number of thioether (sulfide) groups is 1. The number of hydrogen-bond donors (Lipinski definition) is 2. The lowest BCUT2D eigenvalue weighted by molar-refractivity contribution is -0.384. The minimum Gasteiger partial charge on any atom is -0.339 e. The van der Waals surface area contributed by atoms with Crippen molar-refractivity contribution >= 4 is 44.9 Å². The predicted octanol–water partition coefficient (Wildman–Crippen LogP) is 3.21. The molecule has 1 amide bonds. The highest BCUT2D eigenvalue weighted by atomic mass is 32.2. The largest absolute Gasteiger partial charge is 0.339 e. The number of nitrogens with one attached hydrogen (secondary N) is 2. The fourth-order valence-electron chi connectivity index (χ4n) is 2.81. The SMILES string of the molecule is CSc1nc(Nc2ccc(S(=O)(=O)NC(C)=O)cc2)c(C#N)c(-c2cccc([N+](=O)[O-])c2)n1. The van der Waals surface area contributed by atoms with E-state index in [-0.39, 0.29) is 27.7 Å². The molecule has 2 aromatic carbocycles. The lowest BCUT2D eigenvalue weighted by atomic mass is 10.1. The molecular weight excluding hydrogens is 468 g/mol. The first-order chi connectivity index (χ1) is 15.6. The number of amides is 1. The van der Waals surface area contributed by atoms with E-state index in [0.29, 0.717) is 16.4 Å². The molecule has 11 nitrogen and oxygen atoms in total. The monoisotopic (exact) mass is 484 g/mol. The second-order valence-corrected chi connectivity index (χ2v) is 8.97. The molecule has 0 aliphatic carbocycles. The number of non-ortho nitro benzene ring substituents is 1. The Kier molecular flexibility index (Phi) is 6.90. The topological polar surface area (TPSA) is 168 Å². The Labute approximate surface area is 193 Å². The van der Waals surface area contributed by atoms with Gasteiger partial charge in [0.05, 0.1) is 15.5 Å². The maximum Gasteiger partial charge on any atom is 0.270 e. The van der Waals surface area contributed by atoms with Gasteiger partial charge in [-0.15, -0.1) is 0 Å². The van der Waals surface area contributed by atoms with E-state index in [4.69, 9.17) is 0 Å². The van der Waals surface area contributed by atoms with Crippen LogP contribution in [0.3, 0.4) is 0 Å². The zero-order valence-corrected chi connectivity index (χ0v) is 18.9. The van der Waals surface area contributed by atoms with Gasteiger partial charge in [0.25, 0.3) is 15.7 Å². The van der Waals surface area contributed by atoms with E-state index in [0.717, 1.165) is 6.92 Å². The van der Waals surface area contributed by atoms with E-state index in [2.05, 4.69) is 15.3 Å². The molecular formula is C20H16N6O5S2. The van der Waals surface area contributed by atoms with E-state index in [9.17, 15) is 28.6 Å². The van der Waals surface area contributed by atoms with Crippen LogP contribution in [-0.4, -0.2) is 35.5 Å². The van der Waals surface area contributed by atoms with Gasteiger partial charge in [0.1, 0.15) is 11.6 Å². The van der Waals surface area contributed by atoms with Gasteiger partial charge in [-0.3, -0.25) is 14.9 Å². The number of benzene rings is 2. The molecule has 0 atom stereocenters. The summed E-state index contributed by atoms with van der Waals surface area (Å²) in [5.41, 5.74) is 0.921. The highest BCUT2D eigenvalue weighted by Gasteiger charge is 2.19. The lowest BCUT2D eigenvalue weighted by Crippen LogP contribution is -2.28. The highest BCUT2D eigenvalue weighted by molar-refractivity contribution is 7.98. The van der Waals surface area contributed by atoms with Crippen molar-refractivity contribution in [2.24, 2.45) is 0 Å². The van der Waals surface area contributed by atoms with Gasteiger partial charge in [-0.05, 0) is 30.5 Å².